The van der Waals surface area contributed by atoms with Gasteiger partial charge < -0.3 is 13.7 Å². The van der Waals surface area contributed by atoms with Crippen molar-refractivity contribution in [2.75, 3.05) is 0 Å². The van der Waals surface area contributed by atoms with Crippen LogP contribution in [0.25, 0.3) is 11.3 Å². The van der Waals surface area contributed by atoms with Crippen molar-refractivity contribution in [3.8, 4) is 0 Å². The van der Waals surface area contributed by atoms with E-state index in [0.717, 1.165) is 4.60 Å². The Bertz CT molecular complexity index is 1210. The minimum absolute atomic E-state index is 0.284. The molecule has 5 heterocycles. The van der Waals surface area contributed by atoms with E-state index in [-0.39, 0.29) is 17.3 Å². The number of nitrogens with zero attached hydrogens (tertiary/aromatic N) is 4. The van der Waals surface area contributed by atoms with Crippen LogP contribution in [0.4, 0.5) is 8.78 Å². The van der Waals surface area contributed by atoms with Gasteiger partial charge in [0.2, 0.25) is 0 Å². The average molecular weight is 477 g/mol. The van der Waals surface area contributed by atoms with Gasteiger partial charge in [0.1, 0.15) is 4.60 Å². The Kier molecular flexibility index (Phi) is 5.20. The zero-order valence-corrected chi connectivity index (χ0v) is 18.5. The van der Waals surface area contributed by atoms with Gasteiger partial charge in [-0.05, 0) is 67.9 Å². The molecule has 0 saturated carbocycles. The van der Waals surface area contributed by atoms with Gasteiger partial charge in [0, 0.05) is 18.6 Å². The number of rotatable bonds is 1. The fraction of sp³-hybridized carbons (Fsp3) is 0.300. The Morgan fingerprint density at radius 3 is 1.93 bits per heavy atom. The molecule has 4 aromatic rings. The third-order valence-corrected chi connectivity index (χ3v) is 6.04. The molecule has 0 radical (unpaired) electrons. The quantitative estimate of drug-likeness (QED) is 0.389. The second-order valence-corrected chi connectivity index (χ2v) is 8.76. The van der Waals surface area contributed by atoms with E-state index in [9.17, 15) is 8.78 Å². The van der Waals surface area contributed by atoms with Crippen molar-refractivity contribution in [2.24, 2.45) is 0 Å². The van der Waals surface area contributed by atoms with Crippen LogP contribution in [0, 0.1) is 11.6 Å². The molecule has 10 heteroatoms. The highest BCUT2D eigenvalue weighted by atomic mass is 79.9. The van der Waals surface area contributed by atoms with Gasteiger partial charge in [0.05, 0.1) is 23.0 Å². The second kappa shape index (κ2) is 7.44. The molecular formula is C20H20BBrF2N4O2. The molecule has 156 valence electrons. The number of aromatic nitrogens is 4. The summed E-state index contributed by atoms with van der Waals surface area (Å²) >= 11 is 3.23. The van der Waals surface area contributed by atoms with Crippen LogP contribution in [0.15, 0.2) is 53.7 Å². The molecule has 0 aliphatic carbocycles. The second-order valence-electron chi connectivity index (χ2n) is 7.95. The largest absolute Gasteiger partial charge is 0.514 e. The molecule has 0 unspecified atom stereocenters. The van der Waals surface area contributed by atoms with Crippen LogP contribution in [0.2, 0.25) is 0 Å². The number of halogens is 3. The minimum atomic E-state index is -0.540. The first-order valence-corrected chi connectivity index (χ1v) is 10.1. The molecule has 1 fully saturated rings. The van der Waals surface area contributed by atoms with Crippen molar-refractivity contribution < 1.29 is 18.1 Å². The lowest BCUT2D eigenvalue weighted by Gasteiger charge is -2.32. The lowest BCUT2D eigenvalue weighted by molar-refractivity contribution is 0.00578. The van der Waals surface area contributed by atoms with E-state index in [4.69, 9.17) is 9.31 Å². The normalized spacial score (nSPS) is 17.4. The molecule has 1 aliphatic rings. The van der Waals surface area contributed by atoms with Crippen molar-refractivity contribution in [3.05, 3.63) is 65.3 Å². The van der Waals surface area contributed by atoms with E-state index in [0.29, 0.717) is 11.2 Å². The molecule has 30 heavy (non-hydrogen) atoms. The Balaban J connectivity index is 0.000000168. The molecule has 0 N–H and O–H groups in total. The van der Waals surface area contributed by atoms with E-state index in [2.05, 4.69) is 25.9 Å². The fourth-order valence-corrected chi connectivity index (χ4v) is 3.47. The van der Waals surface area contributed by atoms with Gasteiger partial charge in [-0.1, -0.05) is 0 Å². The molecule has 1 saturated heterocycles. The van der Waals surface area contributed by atoms with Crippen molar-refractivity contribution in [1.82, 2.24) is 18.8 Å². The van der Waals surface area contributed by atoms with Crippen molar-refractivity contribution >= 4 is 39.9 Å². The molecule has 0 bridgehead atoms. The summed E-state index contributed by atoms with van der Waals surface area (Å²) in [4.78, 5) is 7.95. The third kappa shape index (κ3) is 3.53. The number of hydrogen-bond acceptors (Lipinski definition) is 4. The van der Waals surface area contributed by atoms with Crippen molar-refractivity contribution in [2.45, 2.75) is 38.9 Å². The van der Waals surface area contributed by atoms with E-state index in [1.54, 1.807) is 45.7 Å². The van der Waals surface area contributed by atoms with Gasteiger partial charge >= 0.3 is 7.12 Å². The van der Waals surface area contributed by atoms with Gasteiger partial charge in [0.15, 0.2) is 22.9 Å². The first-order valence-electron chi connectivity index (χ1n) is 9.35. The Labute approximate surface area is 181 Å². The summed E-state index contributed by atoms with van der Waals surface area (Å²) in [5, 5.41) is 0. The molecular weight excluding hydrogens is 457 g/mol. The maximum atomic E-state index is 13.6. The smallest absolute Gasteiger partial charge is 0.398 e. The van der Waals surface area contributed by atoms with Crippen molar-refractivity contribution in [3.63, 3.8) is 0 Å². The maximum Gasteiger partial charge on any atom is 0.514 e. The molecule has 6 nitrogen and oxygen atoms in total. The predicted molar refractivity (Wildman–Crippen MR) is 114 cm³/mol. The lowest BCUT2D eigenvalue weighted by Crippen LogP contribution is -2.41. The first kappa shape index (κ1) is 21.0. The standard InChI is InChI=1S/C13H16BFN2O2.C7H4BrFN2/c1-12(2)13(3,4)19-14(18-12)10-8-16-11-9(15)6-5-7-17(10)11;8-6-4-10-7-5(9)2-1-3-11(6)7/h5-8H,1-4H3;1-4H. The molecule has 0 atom stereocenters. The number of fused-ring (bicyclic) bond motifs is 2. The minimum Gasteiger partial charge on any atom is -0.398 e. The molecule has 0 spiro atoms. The highest BCUT2D eigenvalue weighted by molar-refractivity contribution is 9.10. The molecule has 1 aliphatic heterocycles. The van der Waals surface area contributed by atoms with E-state index in [1.807, 2.05) is 27.7 Å². The zero-order chi connectivity index (χ0) is 21.7. The molecule has 4 aromatic heterocycles. The third-order valence-electron chi connectivity index (χ3n) is 5.45. The summed E-state index contributed by atoms with van der Waals surface area (Å²) in [5.74, 6) is -0.663. The Hall–Kier alpha value is -2.30. The summed E-state index contributed by atoms with van der Waals surface area (Å²) in [7, 11) is -0.540. The molecule has 0 amide bonds. The zero-order valence-electron chi connectivity index (χ0n) is 16.9. The lowest BCUT2D eigenvalue weighted by atomic mass is 9.85. The van der Waals surface area contributed by atoms with Gasteiger partial charge in [-0.15, -0.1) is 0 Å². The molecule has 0 aromatic carbocycles. The molecule has 5 rings (SSSR count). The highest BCUT2D eigenvalue weighted by Gasteiger charge is 2.52. The van der Waals surface area contributed by atoms with Crippen LogP contribution >= 0.6 is 15.9 Å². The van der Waals surface area contributed by atoms with Gasteiger partial charge in [-0.2, -0.15) is 0 Å². The van der Waals surface area contributed by atoms with Crippen LogP contribution in [0.5, 0.6) is 0 Å². The Morgan fingerprint density at radius 1 is 0.867 bits per heavy atom. The van der Waals surface area contributed by atoms with Crippen LogP contribution in [0.1, 0.15) is 27.7 Å². The first-order chi connectivity index (χ1) is 14.1. The summed E-state index contributed by atoms with van der Waals surface area (Å²) < 4.78 is 42.5. The fourth-order valence-electron chi connectivity index (χ4n) is 3.08. The topological polar surface area (TPSA) is 53.1 Å². The number of imidazole rings is 2. The van der Waals surface area contributed by atoms with Crippen LogP contribution in [-0.2, 0) is 9.31 Å². The van der Waals surface area contributed by atoms with Gasteiger partial charge in [-0.3, -0.25) is 4.40 Å². The number of pyridine rings is 2. The van der Waals surface area contributed by atoms with E-state index >= 15 is 0 Å². The van der Waals surface area contributed by atoms with Crippen LogP contribution in [-0.4, -0.2) is 37.1 Å². The SMILES string of the molecule is CC1(C)OB(c2cnc3c(F)cccn23)OC1(C)C.Fc1cccn2c(Br)cnc12. The summed E-state index contributed by atoms with van der Waals surface area (Å²) in [6.45, 7) is 7.93. The summed E-state index contributed by atoms with van der Waals surface area (Å²) in [6, 6.07) is 6.04. The van der Waals surface area contributed by atoms with E-state index < -0.39 is 18.3 Å². The summed E-state index contributed by atoms with van der Waals surface area (Å²) in [6.07, 6.45) is 6.67. The Morgan fingerprint density at radius 2 is 1.37 bits per heavy atom. The maximum absolute atomic E-state index is 13.6. The van der Waals surface area contributed by atoms with Gasteiger partial charge in [-0.25, -0.2) is 18.7 Å². The predicted octanol–water partition coefficient (Wildman–Crippen LogP) is 4.01. The number of hydrogen-bond donors (Lipinski definition) is 0. The monoisotopic (exact) mass is 476 g/mol. The average Bonchev–Trinajstić information content (AvgIpc) is 3.32. The highest BCUT2D eigenvalue weighted by Crippen LogP contribution is 2.36. The van der Waals surface area contributed by atoms with Crippen LogP contribution in [0.3, 0.4) is 0 Å². The van der Waals surface area contributed by atoms with Gasteiger partial charge in [0.25, 0.3) is 0 Å². The van der Waals surface area contributed by atoms with Crippen molar-refractivity contribution in [1.29, 1.82) is 0 Å². The summed E-state index contributed by atoms with van der Waals surface area (Å²) in [5.41, 5.74) is 0.490. The van der Waals surface area contributed by atoms with E-state index in [1.165, 1.54) is 12.1 Å². The van der Waals surface area contributed by atoms with Crippen LogP contribution < -0.4 is 5.59 Å².